The summed E-state index contributed by atoms with van der Waals surface area (Å²) in [4.78, 5) is 21.7. The van der Waals surface area contributed by atoms with E-state index in [9.17, 15) is 4.79 Å². The third-order valence-electron chi connectivity index (χ3n) is 2.69. The van der Waals surface area contributed by atoms with Gasteiger partial charge in [0, 0.05) is 26.8 Å². The van der Waals surface area contributed by atoms with Gasteiger partial charge in [-0.15, -0.1) is 0 Å². The van der Waals surface area contributed by atoms with Crippen LogP contribution in [0.1, 0.15) is 23.8 Å². The number of hydrogen-bond donors (Lipinski definition) is 1. The molecule has 0 bridgehead atoms. The fourth-order valence-electron chi connectivity index (χ4n) is 1.63. The van der Waals surface area contributed by atoms with Crippen LogP contribution in [0, 0.1) is 0 Å². The molecule has 0 unspecified atom stereocenters. The zero-order valence-corrected chi connectivity index (χ0v) is 12.9. The Labute approximate surface area is 127 Å². The van der Waals surface area contributed by atoms with E-state index in [4.69, 9.17) is 11.6 Å². The monoisotopic (exact) mass is 308 g/mol. The van der Waals surface area contributed by atoms with Crippen LogP contribution in [0.5, 0.6) is 0 Å². The lowest BCUT2D eigenvalue weighted by Crippen LogP contribution is -2.22. The molecule has 2 rings (SSSR count). The van der Waals surface area contributed by atoms with Gasteiger partial charge in [0.25, 0.3) is 5.91 Å². The summed E-state index contributed by atoms with van der Waals surface area (Å²) in [5.41, 5.74) is 0.331. The van der Waals surface area contributed by atoms with Gasteiger partial charge in [-0.25, -0.2) is 9.67 Å². The first-order valence-electron chi connectivity index (χ1n) is 6.57. The van der Waals surface area contributed by atoms with Gasteiger partial charge in [-0.3, -0.25) is 4.79 Å². The van der Waals surface area contributed by atoms with Gasteiger partial charge in [0.05, 0.1) is 6.20 Å². The zero-order valence-electron chi connectivity index (χ0n) is 12.2. The van der Waals surface area contributed by atoms with Gasteiger partial charge in [-0.2, -0.15) is 10.1 Å². The van der Waals surface area contributed by atoms with E-state index in [1.54, 1.807) is 26.4 Å². The second kappa shape index (κ2) is 6.53. The number of carbonyl (C=O) groups is 1. The summed E-state index contributed by atoms with van der Waals surface area (Å²) in [6.45, 7) is 2.82. The highest BCUT2D eigenvalue weighted by molar-refractivity contribution is 6.32. The van der Waals surface area contributed by atoms with Crippen molar-refractivity contribution in [2.24, 2.45) is 0 Å². The first-order valence-corrected chi connectivity index (χ1v) is 6.94. The first kappa shape index (κ1) is 15.2. The average Bonchev–Trinajstić information content (AvgIpc) is 2.95. The number of amides is 1. The van der Waals surface area contributed by atoms with Crippen LogP contribution in [0.4, 0.5) is 5.95 Å². The van der Waals surface area contributed by atoms with Crippen LogP contribution >= 0.6 is 11.6 Å². The summed E-state index contributed by atoms with van der Waals surface area (Å²) in [5, 5.41) is 7.65. The molecule has 21 heavy (non-hydrogen) atoms. The van der Waals surface area contributed by atoms with Crippen LogP contribution in [0.2, 0.25) is 5.02 Å². The normalized spacial score (nSPS) is 10.5. The highest BCUT2D eigenvalue weighted by Gasteiger charge is 2.14. The first-order chi connectivity index (χ1) is 10.0. The quantitative estimate of drug-likeness (QED) is 0.912. The lowest BCUT2D eigenvalue weighted by Gasteiger charge is -2.08. The average molecular weight is 309 g/mol. The number of aromatic nitrogens is 4. The second-order valence-electron chi connectivity index (χ2n) is 4.64. The van der Waals surface area contributed by atoms with Crippen LogP contribution in [0.15, 0.2) is 18.5 Å². The number of halogens is 1. The predicted molar refractivity (Wildman–Crippen MR) is 81.0 cm³/mol. The Bertz CT molecular complexity index is 639. The fourth-order valence-corrected chi connectivity index (χ4v) is 1.80. The van der Waals surface area contributed by atoms with Gasteiger partial charge in [-0.05, 0) is 12.5 Å². The van der Waals surface area contributed by atoms with Gasteiger partial charge in [0.2, 0.25) is 5.95 Å². The number of nitrogens with one attached hydrogen (secondary N) is 1. The molecule has 0 radical (unpaired) electrons. The molecule has 2 aromatic rings. The third-order valence-corrected chi connectivity index (χ3v) is 2.96. The molecule has 2 heterocycles. The Morgan fingerprint density at radius 1 is 1.48 bits per heavy atom. The molecule has 1 N–H and O–H groups in total. The maximum absolute atomic E-state index is 11.9. The van der Waals surface area contributed by atoms with E-state index in [0.717, 1.165) is 13.0 Å². The minimum atomic E-state index is -0.178. The van der Waals surface area contributed by atoms with Gasteiger partial charge in [0.15, 0.2) is 11.5 Å². The number of carbonyl (C=O) groups excluding carboxylic acids is 1. The molecular formula is C13H17ClN6O. The van der Waals surface area contributed by atoms with E-state index in [0.29, 0.717) is 22.5 Å². The standard InChI is InChI=1S/C13H17ClN6O/c1-4-6-15-13-16-8-9(14)11(17-13)20-7-5-10(18-20)12(21)19(2)3/h5,7-8H,4,6H2,1-3H3,(H,15,16,17). The Hall–Kier alpha value is -2.15. The maximum atomic E-state index is 11.9. The van der Waals surface area contributed by atoms with E-state index >= 15 is 0 Å². The molecule has 0 aliphatic heterocycles. The van der Waals surface area contributed by atoms with E-state index < -0.39 is 0 Å². The smallest absolute Gasteiger partial charge is 0.273 e. The SMILES string of the molecule is CCCNc1ncc(Cl)c(-n2ccc(C(=O)N(C)C)n2)n1. The van der Waals surface area contributed by atoms with Crippen molar-refractivity contribution in [2.45, 2.75) is 13.3 Å². The largest absolute Gasteiger partial charge is 0.354 e. The van der Waals surface area contributed by atoms with E-state index in [1.807, 2.05) is 0 Å². The Kier molecular flexibility index (Phi) is 4.74. The van der Waals surface area contributed by atoms with E-state index in [1.165, 1.54) is 15.8 Å². The number of nitrogens with zero attached hydrogens (tertiary/aromatic N) is 5. The molecular weight excluding hydrogens is 292 g/mol. The molecule has 0 aliphatic rings. The van der Waals surface area contributed by atoms with E-state index in [2.05, 4.69) is 27.3 Å². The minimum absolute atomic E-state index is 0.178. The van der Waals surface area contributed by atoms with Gasteiger partial charge in [0.1, 0.15) is 5.02 Å². The van der Waals surface area contributed by atoms with Gasteiger partial charge in [-0.1, -0.05) is 18.5 Å². The molecule has 1 amide bonds. The van der Waals surface area contributed by atoms with Gasteiger partial charge >= 0.3 is 0 Å². The van der Waals surface area contributed by atoms with Crippen LogP contribution in [-0.4, -0.2) is 51.2 Å². The van der Waals surface area contributed by atoms with Crippen molar-refractivity contribution in [3.63, 3.8) is 0 Å². The van der Waals surface area contributed by atoms with Crippen molar-refractivity contribution in [2.75, 3.05) is 26.0 Å². The third kappa shape index (κ3) is 3.49. The van der Waals surface area contributed by atoms with Crippen LogP contribution in [0.3, 0.4) is 0 Å². The van der Waals surface area contributed by atoms with Crippen molar-refractivity contribution in [1.29, 1.82) is 0 Å². The lowest BCUT2D eigenvalue weighted by molar-refractivity contribution is 0.0821. The van der Waals surface area contributed by atoms with Crippen LogP contribution < -0.4 is 5.32 Å². The second-order valence-corrected chi connectivity index (χ2v) is 5.04. The molecule has 0 spiro atoms. The molecule has 2 aromatic heterocycles. The number of hydrogen-bond acceptors (Lipinski definition) is 5. The lowest BCUT2D eigenvalue weighted by atomic mass is 10.4. The maximum Gasteiger partial charge on any atom is 0.273 e. The molecule has 0 aromatic carbocycles. The van der Waals surface area contributed by atoms with Crippen molar-refractivity contribution < 1.29 is 4.79 Å². The number of anilines is 1. The van der Waals surface area contributed by atoms with Crippen LogP contribution in [0.25, 0.3) is 5.82 Å². The molecule has 0 fully saturated rings. The van der Waals surface area contributed by atoms with Crippen molar-refractivity contribution in [1.82, 2.24) is 24.6 Å². The van der Waals surface area contributed by atoms with Crippen molar-refractivity contribution >= 4 is 23.5 Å². The predicted octanol–water partition coefficient (Wildman–Crippen LogP) is 1.84. The molecule has 0 atom stereocenters. The van der Waals surface area contributed by atoms with Crippen molar-refractivity contribution in [3.05, 3.63) is 29.2 Å². The molecule has 0 aliphatic carbocycles. The summed E-state index contributed by atoms with van der Waals surface area (Å²) in [6.07, 6.45) is 4.12. The topological polar surface area (TPSA) is 75.9 Å². The molecule has 112 valence electrons. The molecule has 8 heteroatoms. The summed E-state index contributed by atoms with van der Waals surface area (Å²) in [7, 11) is 3.34. The highest BCUT2D eigenvalue weighted by Crippen LogP contribution is 2.18. The fraction of sp³-hybridized carbons (Fsp3) is 0.385. The number of rotatable bonds is 5. The summed E-state index contributed by atoms with van der Waals surface area (Å²) < 4.78 is 1.47. The van der Waals surface area contributed by atoms with E-state index in [-0.39, 0.29) is 5.91 Å². The minimum Gasteiger partial charge on any atom is -0.354 e. The molecule has 7 nitrogen and oxygen atoms in total. The highest BCUT2D eigenvalue weighted by atomic mass is 35.5. The van der Waals surface area contributed by atoms with Crippen LogP contribution in [-0.2, 0) is 0 Å². The Morgan fingerprint density at radius 2 is 2.24 bits per heavy atom. The summed E-state index contributed by atoms with van der Waals surface area (Å²) in [6, 6.07) is 1.62. The zero-order chi connectivity index (χ0) is 15.4. The van der Waals surface area contributed by atoms with Gasteiger partial charge < -0.3 is 10.2 Å². The Morgan fingerprint density at radius 3 is 2.90 bits per heavy atom. The summed E-state index contributed by atoms with van der Waals surface area (Å²) >= 11 is 6.11. The van der Waals surface area contributed by atoms with Crippen molar-refractivity contribution in [3.8, 4) is 5.82 Å². The Balaban J connectivity index is 2.31. The summed E-state index contributed by atoms with van der Waals surface area (Å²) in [5.74, 6) is 0.735. The molecule has 0 saturated heterocycles. The molecule has 0 saturated carbocycles.